The minimum absolute atomic E-state index is 0.0457. The van der Waals surface area contributed by atoms with Crippen LogP contribution in [-0.2, 0) is 6.54 Å². The van der Waals surface area contributed by atoms with Crippen LogP contribution >= 0.6 is 0 Å². The lowest BCUT2D eigenvalue weighted by atomic mass is 10.2. The van der Waals surface area contributed by atoms with Gasteiger partial charge in [-0.25, -0.2) is 4.79 Å². The summed E-state index contributed by atoms with van der Waals surface area (Å²) in [6.45, 7) is 1.69. The number of aryl methyl sites for hydroxylation is 1. The van der Waals surface area contributed by atoms with Crippen molar-refractivity contribution in [3.05, 3.63) is 59.0 Å². The standard InChI is InChI=1S/C18H22N4O/c1-21(2)11-6-12-22-17-10-9-15(13-16(17)20-18(22)23)19-14-7-4-3-5-8-14/h3-5,7-10,13,19H,6,11-12H2,1-2H3,(H,20,23). The van der Waals surface area contributed by atoms with Gasteiger partial charge in [0.2, 0.25) is 0 Å². The van der Waals surface area contributed by atoms with Crippen molar-refractivity contribution >= 4 is 22.4 Å². The largest absolute Gasteiger partial charge is 0.355 e. The van der Waals surface area contributed by atoms with Crippen molar-refractivity contribution in [2.75, 3.05) is 26.0 Å². The van der Waals surface area contributed by atoms with E-state index >= 15 is 0 Å². The first-order valence-electron chi connectivity index (χ1n) is 7.83. The van der Waals surface area contributed by atoms with Gasteiger partial charge < -0.3 is 15.2 Å². The van der Waals surface area contributed by atoms with Gasteiger partial charge in [0.15, 0.2) is 0 Å². The van der Waals surface area contributed by atoms with E-state index in [1.165, 1.54) is 0 Å². The van der Waals surface area contributed by atoms with E-state index < -0.39 is 0 Å². The number of hydrogen-bond acceptors (Lipinski definition) is 3. The lowest BCUT2D eigenvalue weighted by Gasteiger charge is -2.10. The van der Waals surface area contributed by atoms with E-state index in [9.17, 15) is 4.79 Å². The van der Waals surface area contributed by atoms with Gasteiger partial charge in [0.1, 0.15) is 0 Å². The van der Waals surface area contributed by atoms with Crippen molar-refractivity contribution in [3.63, 3.8) is 0 Å². The van der Waals surface area contributed by atoms with Crippen LogP contribution in [0.5, 0.6) is 0 Å². The summed E-state index contributed by atoms with van der Waals surface area (Å²) >= 11 is 0. The van der Waals surface area contributed by atoms with Gasteiger partial charge >= 0.3 is 5.69 Å². The maximum absolute atomic E-state index is 12.2. The van der Waals surface area contributed by atoms with Crippen LogP contribution in [0.1, 0.15) is 6.42 Å². The molecule has 2 N–H and O–H groups in total. The van der Waals surface area contributed by atoms with Gasteiger partial charge in [-0.05, 0) is 57.4 Å². The SMILES string of the molecule is CN(C)CCCn1c(=O)[nH]c2cc(Nc3ccccc3)ccc21. The third-order valence-corrected chi connectivity index (χ3v) is 3.82. The van der Waals surface area contributed by atoms with Crippen LogP contribution in [0.15, 0.2) is 53.3 Å². The number of hydrogen-bond donors (Lipinski definition) is 2. The Labute approximate surface area is 135 Å². The van der Waals surface area contributed by atoms with Crippen molar-refractivity contribution in [1.82, 2.24) is 14.5 Å². The molecule has 120 valence electrons. The minimum atomic E-state index is -0.0457. The first kappa shape index (κ1) is 15.4. The lowest BCUT2D eigenvalue weighted by Crippen LogP contribution is -2.20. The molecular formula is C18H22N4O. The third-order valence-electron chi connectivity index (χ3n) is 3.82. The molecule has 0 saturated heterocycles. The van der Waals surface area contributed by atoms with E-state index in [0.717, 1.165) is 41.9 Å². The second-order valence-electron chi connectivity index (χ2n) is 5.96. The summed E-state index contributed by atoms with van der Waals surface area (Å²) in [5.74, 6) is 0. The Balaban J connectivity index is 1.82. The molecule has 0 amide bonds. The molecule has 1 heterocycles. The number of nitrogens with one attached hydrogen (secondary N) is 2. The number of imidazole rings is 1. The smallest absolute Gasteiger partial charge is 0.326 e. The van der Waals surface area contributed by atoms with Gasteiger partial charge in [-0.1, -0.05) is 18.2 Å². The zero-order chi connectivity index (χ0) is 16.2. The Hall–Kier alpha value is -2.53. The fourth-order valence-corrected chi connectivity index (χ4v) is 2.70. The number of H-pyrrole nitrogens is 1. The highest BCUT2D eigenvalue weighted by atomic mass is 16.1. The van der Waals surface area contributed by atoms with Gasteiger partial charge in [0, 0.05) is 17.9 Å². The average Bonchev–Trinajstić information content (AvgIpc) is 2.83. The van der Waals surface area contributed by atoms with E-state index in [1.54, 1.807) is 0 Å². The lowest BCUT2D eigenvalue weighted by molar-refractivity contribution is 0.386. The summed E-state index contributed by atoms with van der Waals surface area (Å²) in [6, 6.07) is 16.0. The first-order valence-corrected chi connectivity index (χ1v) is 7.83. The van der Waals surface area contributed by atoms with Crippen molar-refractivity contribution in [2.24, 2.45) is 0 Å². The van der Waals surface area contributed by atoms with Crippen LogP contribution in [-0.4, -0.2) is 35.1 Å². The van der Waals surface area contributed by atoms with Crippen LogP contribution in [0.3, 0.4) is 0 Å². The van der Waals surface area contributed by atoms with Gasteiger partial charge in [-0.15, -0.1) is 0 Å². The van der Waals surface area contributed by atoms with Gasteiger partial charge in [0.05, 0.1) is 11.0 Å². The summed E-state index contributed by atoms with van der Waals surface area (Å²) in [5, 5.41) is 3.34. The molecular weight excluding hydrogens is 288 g/mol. The van der Waals surface area contributed by atoms with Gasteiger partial charge in [-0.2, -0.15) is 0 Å². The van der Waals surface area contributed by atoms with Gasteiger partial charge in [-0.3, -0.25) is 4.57 Å². The van der Waals surface area contributed by atoms with Crippen molar-refractivity contribution in [2.45, 2.75) is 13.0 Å². The van der Waals surface area contributed by atoms with Crippen molar-refractivity contribution in [1.29, 1.82) is 0 Å². The molecule has 0 aliphatic rings. The molecule has 0 unspecified atom stereocenters. The molecule has 0 atom stereocenters. The molecule has 0 aliphatic carbocycles. The molecule has 0 radical (unpaired) electrons. The zero-order valence-electron chi connectivity index (χ0n) is 13.5. The fourth-order valence-electron chi connectivity index (χ4n) is 2.70. The number of benzene rings is 2. The molecule has 0 aliphatic heterocycles. The second kappa shape index (κ2) is 6.71. The Morgan fingerprint density at radius 2 is 1.87 bits per heavy atom. The molecule has 0 spiro atoms. The number of fused-ring (bicyclic) bond motifs is 1. The molecule has 5 heteroatoms. The molecule has 3 aromatic rings. The average molecular weight is 310 g/mol. The number of rotatable bonds is 6. The predicted octanol–water partition coefficient (Wildman–Crippen LogP) is 3.02. The number of anilines is 2. The molecule has 3 rings (SSSR count). The summed E-state index contributed by atoms with van der Waals surface area (Å²) in [4.78, 5) is 17.2. The number of para-hydroxylation sites is 1. The topological polar surface area (TPSA) is 53.1 Å². The molecule has 1 aromatic heterocycles. The molecule has 0 fully saturated rings. The molecule has 5 nitrogen and oxygen atoms in total. The van der Waals surface area contributed by atoms with Crippen LogP contribution < -0.4 is 11.0 Å². The molecule has 2 aromatic carbocycles. The summed E-state index contributed by atoms with van der Waals surface area (Å²) in [5.41, 5.74) is 3.76. The summed E-state index contributed by atoms with van der Waals surface area (Å²) in [6.07, 6.45) is 0.948. The molecule has 0 bridgehead atoms. The van der Waals surface area contributed by atoms with Crippen molar-refractivity contribution in [3.8, 4) is 0 Å². The zero-order valence-corrected chi connectivity index (χ0v) is 13.5. The molecule has 0 saturated carbocycles. The summed E-state index contributed by atoms with van der Waals surface area (Å²) < 4.78 is 1.81. The van der Waals surface area contributed by atoms with Gasteiger partial charge in [0.25, 0.3) is 0 Å². The Bertz CT molecular complexity index is 833. The monoisotopic (exact) mass is 310 g/mol. The molecule has 23 heavy (non-hydrogen) atoms. The van der Waals surface area contributed by atoms with E-state index in [4.69, 9.17) is 0 Å². The highest BCUT2D eigenvalue weighted by molar-refractivity contribution is 5.80. The van der Waals surface area contributed by atoms with Crippen LogP contribution in [0, 0.1) is 0 Å². The van der Waals surface area contributed by atoms with E-state index in [1.807, 2.05) is 67.2 Å². The summed E-state index contributed by atoms with van der Waals surface area (Å²) in [7, 11) is 4.08. The quantitative estimate of drug-likeness (QED) is 0.736. The van der Waals surface area contributed by atoms with Crippen LogP contribution in [0.25, 0.3) is 11.0 Å². The normalized spacial score (nSPS) is 11.3. The predicted molar refractivity (Wildman–Crippen MR) is 95.5 cm³/mol. The second-order valence-corrected chi connectivity index (χ2v) is 5.96. The van der Waals surface area contributed by atoms with Crippen molar-refractivity contribution < 1.29 is 0 Å². The van der Waals surface area contributed by atoms with E-state index in [0.29, 0.717) is 0 Å². The van der Waals surface area contributed by atoms with E-state index in [2.05, 4.69) is 15.2 Å². The number of aromatic amines is 1. The number of aromatic nitrogens is 2. The maximum atomic E-state index is 12.2. The number of nitrogens with zero attached hydrogens (tertiary/aromatic N) is 2. The van der Waals surface area contributed by atoms with E-state index in [-0.39, 0.29) is 5.69 Å². The third kappa shape index (κ3) is 3.63. The highest BCUT2D eigenvalue weighted by Gasteiger charge is 2.07. The maximum Gasteiger partial charge on any atom is 0.326 e. The first-order chi connectivity index (χ1) is 11.1. The fraction of sp³-hybridized carbons (Fsp3) is 0.278. The van der Waals surface area contributed by atoms with Crippen LogP contribution in [0.4, 0.5) is 11.4 Å². The van der Waals surface area contributed by atoms with Crippen LogP contribution in [0.2, 0.25) is 0 Å². The Morgan fingerprint density at radius 1 is 1.09 bits per heavy atom. The Morgan fingerprint density at radius 3 is 2.61 bits per heavy atom. The Kier molecular flexibility index (Phi) is 4.48. The minimum Gasteiger partial charge on any atom is -0.355 e. The highest BCUT2D eigenvalue weighted by Crippen LogP contribution is 2.20.